The van der Waals surface area contributed by atoms with Crippen molar-refractivity contribution >= 4 is 17.6 Å². The molecule has 1 aliphatic rings. The van der Waals surface area contributed by atoms with E-state index in [1.54, 1.807) is 25.1 Å². The van der Waals surface area contributed by atoms with Crippen molar-refractivity contribution < 1.29 is 28.3 Å². The van der Waals surface area contributed by atoms with Crippen molar-refractivity contribution in [1.29, 1.82) is 0 Å². The van der Waals surface area contributed by atoms with Gasteiger partial charge in [0, 0.05) is 23.7 Å². The van der Waals surface area contributed by atoms with Crippen molar-refractivity contribution in [1.82, 2.24) is 5.16 Å². The molecule has 0 saturated carbocycles. The van der Waals surface area contributed by atoms with Gasteiger partial charge in [0.15, 0.2) is 18.1 Å². The van der Waals surface area contributed by atoms with Crippen LogP contribution in [0.2, 0.25) is 0 Å². The van der Waals surface area contributed by atoms with Crippen molar-refractivity contribution in [2.45, 2.75) is 26.7 Å². The van der Waals surface area contributed by atoms with E-state index >= 15 is 0 Å². The van der Waals surface area contributed by atoms with E-state index < -0.39 is 11.9 Å². The fourth-order valence-corrected chi connectivity index (χ4v) is 2.62. The molecule has 3 rings (SSSR count). The van der Waals surface area contributed by atoms with Gasteiger partial charge >= 0.3 is 5.97 Å². The van der Waals surface area contributed by atoms with Crippen LogP contribution in [0.25, 0.3) is 0 Å². The van der Waals surface area contributed by atoms with Gasteiger partial charge in [0.2, 0.25) is 0 Å². The third-order valence-corrected chi connectivity index (χ3v) is 3.95. The molecule has 0 bridgehead atoms. The lowest BCUT2D eigenvalue weighted by Crippen LogP contribution is -2.21. The molecule has 0 unspecified atom stereocenters. The van der Waals surface area contributed by atoms with Gasteiger partial charge in [-0.15, -0.1) is 0 Å². The summed E-state index contributed by atoms with van der Waals surface area (Å²) >= 11 is 0. The number of carbonyl (C=O) groups is 2. The summed E-state index contributed by atoms with van der Waals surface area (Å²) in [7, 11) is 0. The molecule has 0 aliphatic carbocycles. The Kier molecular flexibility index (Phi) is 5.40. The monoisotopic (exact) mass is 360 g/mol. The van der Waals surface area contributed by atoms with Gasteiger partial charge in [-0.25, -0.2) is 0 Å². The van der Waals surface area contributed by atoms with Crippen LogP contribution >= 0.6 is 0 Å². The molecule has 0 atom stereocenters. The molecule has 0 spiro atoms. The number of nitrogens with zero attached hydrogens (tertiary/aromatic N) is 1. The minimum Gasteiger partial charge on any atom is -0.486 e. The van der Waals surface area contributed by atoms with Crippen LogP contribution in [0.3, 0.4) is 0 Å². The first kappa shape index (κ1) is 17.8. The van der Waals surface area contributed by atoms with E-state index in [1.165, 1.54) is 0 Å². The van der Waals surface area contributed by atoms with E-state index in [4.69, 9.17) is 18.7 Å². The molecule has 138 valence electrons. The summed E-state index contributed by atoms with van der Waals surface area (Å²) < 4.78 is 20.9. The molecular weight excluding hydrogens is 340 g/mol. The fraction of sp³-hybridized carbons (Fsp3) is 0.389. The zero-order valence-corrected chi connectivity index (χ0v) is 14.7. The average molecular weight is 360 g/mol. The smallest absolute Gasteiger partial charge is 0.306 e. The normalized spacial score (nSPS) is 12.5. The second kappa shape index (κ2) is 7.90. The SMILES string of the molecule is Cc1noc(C)c1CCC(=O)OCC(=O)Nc1ccc2c(c1)OCCO2. The quantitative estimate of drug-likeness (QED) is 0.788. The number of anilines is 1. The second-order valence-electron chi connectivity index (χ2n) is 5.87. The molecule has 1 N–H and O–H groups in total. The standard InChI is InChI=1S/C18H20N2O6/c1-11-14(12(2)26-20-11)4-6-18(22)25-10-17(21)19-13-3-5-15-16(9-13)24-8-7-23-15/h3,5,9H,4,6-8,10H2,1-2H3,(H,19,21). The molecule has 1 amide bonds. The second-order valence-corrected chi connectivity index (χ2v) is 5.87. The van der Waals surface area contributed by atoms with E-state index in [-0.39, 0.29) is 13.0 Å². The summed E-state index contributed by atoms with van der Waals surface area (Å²) in [6, 6.07) is 5.09. The van der Waals surface area contributed by atoms with Crippen LogP contribution in [0.5, 0.6) is 11.5 Å². The van der Waals surface area contributed by atoms with Gasteiger partial charge in [0.1, 0.15) is 19.0 Å². The lowest BCUT2D eigenvalue weighted by molar-refractivity contribution is -0.147. The molecule has 2 heterocycles. The summed E-state index contributed by atoms with van der Waals surface area (Å²) in [5.41, 5.74) is 2.19. The van der Waals surface area contributed by atoms with Crippen molar-refractivity contribution in [2.75, 3.05) is 25.1 Å². The average Bonchev–Trinajstić information content (AvgIpc) is 2.96. The Morgan fingerprint density at radius 3 is 2.69 bits per heavy atom. The van der Waals surface area contributed by atoms with Crippen molar-refractivity contribution in [3.05, 3.63) is 35.2 Å². The lowest BCUT2D eigenvalue weighted by atomic mass is 10.1. The van der Waals surface area contributed by atoms with Gasteiger partial charge in [0.05, 0.1) is 5.69 Å². The number of benzene rings is 1. The van der Waals surface area contributed by atoms with Crippen LogP contribution < -0.4 is 14.8 Å². The van der Waals surface area contributed by atoms with Gasteiger partial charge < -0.3 is 24.1 Å². The van der Waals surface area contributed by atoms with Crippen molar-refractivity contribution in [3.63, 3.8) is 0 Å². The summed E-state index contributed by atoms with van der Waals surface area (Å²) in [5, 5.41) is 6.49. The number of rotatable bonds is 6. The van der Waals surface area contributed by atoms with Gasteiger partial charge in [-0.3, -0.25) is 9.59 Å². The summed E-state index contributed by atoms with van der Waals surface area (Å²) in [6.45, 7) is 4.23. The summed E-state index contributed by atoms with van der Waals surface area (Å²) in [5.74, 6) is 1.02. The molecule has 8 heteroatoms. The minimum atomic E-state index is -0.456. The summed E-state index contributed by atoms with van der Waals surface area (Å²) in [4.78, 5) is 23.8. The molecule has 1 aromatic carbocycles. The lowest BCUT2D eigenvalue weighted by Gasteiger charge is -2.19. The molecule has 0 fully saturated rings. The number of hydrogen-bond acceptors (Lipinski definition) is 7. The largest absolute Gasteiger partial charge is 0.486 e. The Labute approximate surface area is 150 Å². The minimum absolute atomic E-state index is 0.153. The maximum atomic E-state index is 11.9. The number of carbonyl (C=O) groups excluding carboxylic acids is 2. The molecule has 2 aromatic rings. The predicted molar refractivity (Wildman–Crippen MR) is 91.3 cm³/mol. The molecule has 0 radical (unpaired) electrons. The van der Waals surface area contributed by atoms with Crippen LogP contribution in [0, 0.1) is 13.8 Å². The predicted octanol–water partition coefficient (Wildman–Crippen LogP) is 2.18. The topological polar surface area (TPSA) is 99.9 Å². The highest BCUT2D eigenvalue weighted by Crippen LogP contribution is 2.32. The number of aryl methyl sites for hydroxylation is 2. The molecule has 1 aromatic heterocycles. The highest BCUT2D eigenvalue weighted by atomic mass is 16.6. The van der Waals surface area contributed by atoms with E-state index in [0.29, 0.717) is 42.6 Å². The Morgan fingerprint density at radius 2 is 1.96 bits per heavy atom. The number of hydrogen-bond donors (Lipinski definition) is 1. The Bertz CT molecular complexity index is 795. The number of amides is 1. The zero-order chi connectivity index (χ0) is 18.5. The van der Waals surface area contributed by atoms with Crippen LogP contribution in [-0.2, 0) is 20.7 Å². The maximum absolute atomic E-state index is 11.9. The Morgan fingerprint density at radius 1 is 1.19 bits per heavy atom. The Hall–Kier alpha value is -3.03. The summed E-state index contributed by atoms with van der Waals surface area (Å²) in [6.07, 6.45) is 0.615. The van der Waals surface area contributed by atoms with Crippen LogP contribution in [-0.4, -0.2) is 36.9 Å². The highest BCUT2D eigenvalue weighted by molar-refractivity contribution is 5.93. The third-order valence-electron chi connectivity index (χ3n) is 3.95. The van der Waals surface area contributed by atoms with Gasteiger partial charge in [0.25, 0.3) is 5.91 Å². The van der Waals surface area contributed by atoms with E-state index in [1.807, 2.05) is 6.92 Å². The first-order chi connectivity index (χ1) is 12.5. The molecule has 26 heavy (non-hydrogen) atoms. The number of ether oxygens (including phenoxy) is 3. The number of aromatic nitrogens is 1. The van der Waals surface area contributed by atoms with E-state index in [9.17, 15) is 9.59 Å². The van der Waals surface area contributed by atoms with E-state index in [2.05, 4.69) is 10.5 Å². The maximum Gasteiger partial charge on any atom is 0.306 e. The Balaban J connectivity index is 1.44. The molecule has 8 nitrogen and oxygen atoms in total. The first-order valence-corrected chi connectivity index (χ1v) is 8.30. The number of esters is 1. The van der Waals surface area contributed by atoms with E-state index in [0.717, 1.165) is 11.3 Å². The van der Waals surface area contributed by atoms with Crippen LogP contribution in [0.1, 0.15) is 23.4 Å². The highest BCUT2D eigenvalue weighted by Gasteiger charge is 2.15. The number of fused-ring (bicyclic) bond motifs is 1. The third kappa shape index (κ3) is 4.33. The van der Waals surface area contributed by atoms with Gasteiger partial charge in [-0.2, -0.15) is 0 Å². The van der Waals surface area contributed by atoms with Crippen molar-refractivity contribution in [3.8, 4) is 11.5 Å². The number of nitrogens with one attached hydrogen (secondary N) is 1. The van der Waals surface area contributed by atoms with Crippen LogP contribution in [0.4, 0.5) is 5.69 Å². The van der Waals surface area contributed by atoms with Crippen molar-refractivity contribution in [2.24, 2.45) is 0 Å². The molecule has 0 saturated heterocycles. The fourth-order valence-electron chi connectivity index (χ4n) is 2.62. The molecular formula is C18H20N2O6. The first-order valence-electron chi connectivity index (χ1n) is 8.30. The van der Waals surface area contributed by atoms with Gasteiger partial charge in [-0.05, 0) is 32.4 Å². The van der Waals surface area contributed by atoms with Crippen LogP contribution in [0.15, 0.2) is 22.7 Å². The molecule has 1 aliphatic heterocycles. The van der Waals surface area contributed by atoms with Gasteiger partial charge in [-0.1, -0.05) is 5.16 Å². The zero-order valence-electron chi connectivity index (χ0n) is 14.7.